The van der Waals surface area contributed by atoms with E-state index in [-0.39, 0.29) is 22.9 Å². The number of urea groups is 1. The summed E-state index contributed by atoms with van der Waals surface area (Å²) in [4.78, 5) is 15.0. The number of ether oxygens (including phenoxy) is 1. The molecule has 2 amide bonds. The average molecular weight is 609 g/mol. The summed E-state index contributed by atoms with van der Waals surface area (Å²) in [5.74, 6) is 0.520. The first-order chi connectivity index (χ1) is 19.3. The number of piperidine rings is 1. The molecule has 8 heteroatoms. The number of methoxy groups -OCH3 is 1. The molecular formula is C33H57ClN2O4Si. The third-order valence-electron chi connectivity index (χ3n) is 10.4. The van der Waals surface area contributed by atoms with E-state index in [1.54, 1.807) is 7.11 Å². The number of unbranched alkanes of at least 4 members (excludes halogenated alkanes) is 1. The van der Waals surface area contributed by atoms with Crippen LogP contribution in [0, 0.1) is 17.8 Å². The van der Waals surface area contributed by atoms with Gasteiger partial charge in [-0.2, -0.15) is 0 Å². The van der Waals surface area contributed by atoms with Crippen molar-refractivity contribution in [3.63, 3.8) is 0 Å². The molecule has 2 aliphatic rings. The van der Waals surface area contributed by atoms with Crippen LogP contribution in [0.5, 0.6) is 0 Å². The predicted octanol–water partition coefficient (Wildman–Crippen LogP) is 8.11. The summed E-state index contributed by atoms with van der Waals surface area (Å²) in [7, 11) is -0.333. The molecular weight excluding hydrogens is 552 g/mol. The molecule has 1 aromatic rings. The van der Waals surface area contributed by atoms with Gasteiger partial charge in [-0.1, -0.05) is 76.6 Å². The minimum Gasteiger partial charge on any atom is -0.416 e. The second-order valence-electron chi connectivity index (χ2n) is 14.2. The average Bonchev–Trinajstić information content (AvgIpc) is 2.93. The predicted molar refractivity (Wildman–Crippen MR) is 172 cm³/mol. The summed E-state index contributed by atoms with van der Waals surface area (Å²) < 4.78 is 12.2. The van der Waals surface area contributed by atoms with Crippen molar-refractivity contribution in [2.75, 3.05) is 26.9 Å². The summed E-state index contributed by atoms with van der Waals surface area (Å²) in [6, 6.07) is 7.06. The molecule has 4 atom stereocenters. The summed E-state index contributed by atoms with van der Waals surface area (Å²) in [5, 5.41) is 13.5. The topological polar surface area (TPSA) is 85.0 Å². The quantitative estimate of drug-likeness (QED) is 0.175. The van der Waals surface area contributed by atoms with Crippen LogP contribution in [0.15, 0.2) is 24.3 Å². The zero-order chi connectivity index (χ0) is 30.3. The molecule has 0 spiro atoms. The van der Waals surface area contributed by atoms with E-state index in [2.05, 4.69) is 33.9 Å². The molecule has 0 aromatic heterocycles. The SMILES string of the molecule is COCCCC[C@@](O)(c1cccc(Cl)c1)C1CCCN(C(N)=O)C1[C@@H](CO[Si](C)(C)C(C)(C)C)CC1CCCCC1. The molecule has 1 heterocycles. The van der Waals surface area contributed by atoms with Gasteiger partial charge in [0.2, 0.25) is 0 Å². The Morgan fingerprint density at radius 3 is 2.46 bits per heavy atom. The monoisotopic (exact) mass is 608 g/mol. The minimum atomic E-state index is -2.04. The van der Waals surface area contributed by atoms with Crippen LogP contribution >= 0.6 is 11.6 Å². The molecule has 1 aliphatic carbocycles. The summed E-state index contributed by atoms with van der Waals surface area (Å²) >= 11 is 6.49. The van der Waals surface area contributed by atoms with Crippen LogP contribution < -0.4 is 5.73 Å². The lowest BCUT2D eigenvalue weighted by molar-refractivity contribution is -0.0979. The van der Waals surface area contributed by atoms with Crippen molar-refractivity contribution < 1.29 is 19.1 Å². The van der Waals surface area contributed by atoms with Gasteiger partial charge in [0.1, 0.15) is 0 Å². The highest BCUT2D eigenvalue weighted by molar-refractivity contribution is 6.74. The fraction of sp³-hybridized carbons (Fsp3) is 0.788. The van der Waals surface area contributed by atoms with Crippen LogP contribution in [0.3, 0.4) is 0 Å². The number of carbonyl (C=O) groups excluding carboxylic acids is 1. The number of rotatable bonds is 13. The number of primary amides is 1. The molecule has 1 aromatic carbocycles. The molecule has 1 saturated heterocycles. The zero-order valence-corrected chi connectivity index (χ0v) is 28.3. The second kappa shape index (κ2) is 15.0. The van der Waals surface area contributed by atoms with E-state index >= 15 is 0 Å². The highest BCUT2D eigenvalue weighted by Crippen LogP contribution is 2.47. The van der Waals surface area contributed by atoms with Gasteiger partial charge >= 0.3 is 6.03 Å². The van der Waals surface area contributed by atoms with E-state index in [0.29, 0.717) is 37.1 Å². The number of hydrogen-bond donors (Lipinski definition) is 2. The lowest BCUT2D eigenvalue weighted by atomic mass is 9.66. The van der Waals surface area contributed by atoms with Gasteiger partial charge in [-0.15, -0.1) is 0 Å². The molecule has 0 bridgehead atoms. The molecule has 3 N–H and O–H groups in total. The van der Waals surface area contributed by atoms with E-state index in [0.717, 1.165) is 37.7 Å². The molecule has 1 saturated carbocycles. The van der Waals surface area contributed by atoms with Crippen LogP contribution in [-0.2, 0) is 14.8 Å². The molecule has 2 fully saturated rings. The van der Waals surface area contributed by atoms with E-state index < -0.39 is 19.9 Å². The first-order valence-corrected chi connectivity index (χ1v) is 19.3. The Kier molecular flexibility index (Phi) is 12.6. The van der Waals surface area contributed by atoms with Gasteiger partial charge in [-0.25, -0.2) is 4.79 Å². The van der Waals surface area contributed by atoms with Crippen molar-refractivity contribution in [3.05, 3.63) is 34.9 Å². The lowest BCUT2D eigenvalue weighted by Gasteiger charge is -2.52. The number of halogens is 1. The lowest BCUT2D eigenvalue weighted by Crippen LogP contribution is -2.60. The Labute approximate surface area is 255 Å². The Morgan fingerprint density at radius 2 is 1.85 bits per heavy atom. The standard InChI is InChI=1S/C33H57ClN2O4Si/c1-32(2,3)41(5,6)40-24-26(22-25-14-8-7-9-15-25)30-29(18-13-20-36(30)31(35)37)33(38,19-10-11-21-39-4)27-16-12-17-28(34)23-27/h12,16-17,23,25-26,29-30,38H,7-11,13-15,18-22,24H2,1-6H3,(H2,35,37)/t26-,29?,30?,33-/m1/s1. The fourth-order valence-electron chi connectivity index (χ4n) is 7.01. The van der Waals surface area contributed by atoms with Crippen molar-refractivity contribution in [2.24, 2.45) is 23.5 Å². The fourth-order valence-corrected chi connectivity index (χ4v) is 8.27. The Morgan fingerprint density at radius 1 is 1.15 bits per heavy atom. The maximum Gasteiger partial charge on any atom is 0.315 e. The Hall–Kier alpha value is -1.12. The van der Waals surface area contributed by atoms with Crippen LogP contribution in [0.4, 0.5) is 4.79 Å². The number of nitrogens with two attached hydrogens (primary N) is 1. The van der Waals surface area contributed by atoms with E-state index in [9.17, 15) is 9.90 Å². The number of amides is 2. The first kappa shape index (κ1) is 34.4. The molecule has 234 valence electrons. The van der Waals surface area contributed by atoms with Crippen LogP contribution in [0.25, 0.3) is 0 Å². The highest BCUT2D eigenvalue weighted by atomic mass is 35.5. The normalized spacial score (nSPS) is 23.3. The van der Waals surface area contributed by atoms with E-state index in [1.165, 1.54) is 32.1 Å². The number of hydrogen-bond acceptors (Lipinski definition) is 4. The second-order valence-corrected chi connectivity index (χ2v) is 19.5. The number of benzene rings is 1. The van der Waals surface area contributed by atoms with Gasteiger partial charge in [-0.3, -0.25) is 0 Å². The van der Waals surface area contributed by atoms with Gasteiger partial charge in [0.05, 0.1) is 5.60 Å². The van der Waals surface area contributed by atoms with Gasteiger partial charge in [-0.05, 0) is 80.3 Å². The molecule has 2 unspecified atom stereocenters. The summed E-state index contributed by atoms with van der Waals surface area (Å²) in [6.07, 6.45) is 11.1. The van der Waals surface area contributed by atoms with Crippen LogP contribution in [0.2, 0.25) is 23.2 Å². The number of nitrogens with zero attached hydrogens (tertiary/aromatic N) is 1. The molecule has 41 heavy (non-hydrogen) atoms. The first-order valence-electron chi connectivity index (χ1n) is 16.0. The number of likely N-dealkylation sites (tertiary alicyclic amines) is 1. The maximum atomic E-state index is 13.1. The van der Waals surface area contributed by atoms with Gasteiger partial charge in [0.15, 0.2) is 8.32 Å². The molecule has 0 radical (unpaired) electrons. The number of carbonyl (C=O) groups is 1. The third kappa shape index (κ3) is 8.95. The smallest absolute Gasteiger partial charge is 0.315 e. The van der Waals surface area contributed by atoms with E-state index in [4.69, 9.17) is 26.5 Å². The summed E-state index contributed by atoms with van der Waals surface area (Å²) in [6.45, 7) is 13.3. The zero-order valence-electron chi connectivity index (χ0n) is 26.6. The van der Waals surface area contributed by atoms with E-state index in [1.807, 2.05) is 29.2 Å². The third-order valence-corrected chi connectivity index (χ3v) is 15.1. The van der Waals surface area contributed by atoms with Crippen molar-refractivity contribution in [3.8, 4) is 0 Å². The molecule has 1 aliphatic heterocycles. The van der Waals surface area contributed by atoms with Gasteiger partial charge in [0, 0.05) is 49.8 Å². The van der Waals surface area contributed by atoms with Gasteiger partial charge in [0.25, 0.3) is 0 Å². The highest BCUT2D eigenvalue weighted by Gasteiger charge is 2.50. The number of aliphatic hydroxyl groups is 1. The minimum absolute atomic E-state index is 0.0839. The summed E-state index contributed by atoms with van der Waals surface area (Å²) in [5.41, 5.74) is 5.79. The van der Waals surface area contributed by atoms with Gasteiger partial charge < -0.3 is 24.9 Å². The maximum absolute atomic E-state index is 13.1. The van der Waals surface area contributed by atoms with Crippen LogP contribution in [-0.4, -0.2) is 57.3 Å². The van der Waals surface area contributed by atoms with Crippen LogP contribution in [0.1, 0.15) is 97.0 Å². The Balaban J connectivity index is 2.07. The van der Waals surface area contributed by atoms with Crippen molar-refractivity contribution in [1.82, 2.24) is 4.90 Å². The molecule has 3 rings (SSSR count). The molecule has 6 nitrogen and oxygen atoms in total. The largest absolute Gasteiger partial charge is 0.416 e. The Bertz CT molecular complexity index is 965. The van der Waals surface area contributed by atoms with Crippen molar-refractivity contribution >= 4 is 25.9 Å². The van der Waals surface area contributed by atoms with Crippen molar-refractivity contribution in [2.45, 2.75) is 121 Å². The van der Waals surface area contributed by atoms with Crippen molar-refractivity contribution in [1.29, 1.82) is 0 Å².